The minimum Gasteiger partial charge on any atom is -0.477 e. The van der Waals surface area contributed by atoms with Crippen LogP contribution in [-0.4, -0.2) is 23.6 Å². The van der Waals surface area contributed by atoms with Crippen molar-refractivity contribution < 1.29 is 4.74 Å². The Labute approximate surface area is 164 Å². The van der Waals surface area contributed by atoms with E-state index in [1.54, 1.807) is 0 Å². The predicted molar refractivity (Wildman–Crippen MR) is 112 cm³/mol. The number of ether oxygens (including phenoxy) is 1. The molecule has 4 heteroatoms. The van der Waals surface area contributed by atoms with Crippen LogP contribution in [0.25, 0.3) is 0 Å². The number of pyridine rings is 2. The number of anilines is 1. The van der Waals surface area contributed by atoms with Crippen LogP contribution < -0.4 is 9.64 Å². The Morgan fingerprint density at radius 3 is 2.44 bits per heavy atom. The first kappa shape index (κ1) is 19.7. The molecule has 2 aromatic heterocycles. The van der Waals surface area contributed by atoms with E-state index >= 15 is 0 Å². The summed E-state index contributed by atoms with van der Waals surface area (Å²) in [6, 6.07) is 8.56. The molecule has 0 unspecified atom stereocenters. The van der Waals surface area contributed by atoms with Crippen LogP contribution in [0.5, 0.6) is 5.88 Å². The van der Waals surface area contributed by atoms with Crippen LogP contribution in [0.4, 0.5) is 5.82 Å². The van der Waals surface area contributed by atoms with Gasteiger partial charge in [0.15, 0.2) is 0 Å². The Bertz CT molecular complexity index is 753. The Balaban J connectivity index is 1.75. The molecule has 1 aliphatic rings. The van der Waals surface area contributed by atoms with Crippen molar-refractivity contribution in [3.05, 3.63) is 47.3 Å². The van der Waals surface area contributed by atoms with Gasteiger partial charge in [0.1, 0.15) is 5.82 Å². The van der Waals surface area contributed by atoms with Gasteiger partial charge in [-0.25, -0.2) is 9.97 Å². The molecule has 3 rings (SSSR count). The maximum absolute atomic E-state index is 6.03. The number of rotatable bonds is 8. The van der Waals surface area contributed by atoms with Crippen LogP contribution in [0.2, 0.25) is 0 Å². The van der Waals surface area contributed by atoms with Crippen molar-refractivity contribution in [2.45, 2.75) is 65.3 Å². The van der Waals surface area contributed by atoms with E-state index < -0.39 is 0 Å². The first-order valence-corrected chi connectivity index (χ1v) is 10.2. The fraction of sp³-hybridized carbons (Fsp3) is 0.565. The monoisotopic (exact) mass is 367 g/mol. The van der Waals surface area contributed by atoms with E-state index in [-0.39, 0.29) is 0 Å². The molecule has 1 aliphatic carbocycles. The number of hydrogen-bond donors (Lipinski definition) is 0. The summed E-state index contributed by atoms with van der Waals surface area (Å²) in [4.78, 5) is 11.5. The minimum absolute atomic E-state index is 0.450. The molecule has 0 atom stereocenters. The standard InChI is InChI=1S/C23H33N3O/c1-16(2)19-9-10-24-22(12-19)26(5)14-21-11-20(17(3)4)13-23(25-21)27-15-18-7-6-8-18/h9-13,16-18H,6-8,14-15H2,1-5H3. The van der Waals surface area contributed by atoms with E-state index in [0.717, 1.165) is 30.5 Å². The van der Waals surface area contributed by atoms with Crippen LogP contribution >= 0.6 is 0 Å². The van der Waals surface area contributed by atoms with E-state index in [2.05, 4.69) is 68.9 Å². The lowest BCUT2D eigenvalue weighted by Crippen LogP contribution is -2.21. The maximum atomic E-state index is 6.03. The summed E-state index contributed by atoms with van der Waals surface area (Å²) in [6.07, 6.45) is 5.81. The van der Waals surface area contributed by atoms with Gasteiger partial charge in [-0.3, -0.25) is 0 Å². The predicted octanol–water partition coefficient (Wildman–Crippen LogP) is 5.54. The Hall–Kier alpha value is -2.10. The molecule has 0 radical (unpaired) electrons. The van der Waals surface area contributed by atoms with Crippen LogP contribution in [0, 0.1) is 5.92 Å². The topological polar surface area (TPSA) is 38.2 Å². The second-order valence-corrected chi connectivity index (χ2v) is 8.45. The minimum atomic E-state index is 0.450. The van der Waals surface area contributed by atoms with Crippen molar-refractivity contribution >= 4 is 5.82 Å². The lowest BCUT2D eigenvalue weighted by molar-refractivity contribution is 0.175. The van der Waals surface area contributed by atoms with Crippen LogP contribution in [0.1, 0.15) is 75.6 Å². The first-order valence-electron chi connectivity index (χ1n) is 10.2. The van der Waals surface area contributed by atoms with E-state index in [1.807, 2.05) is 6.20 Å². The van der Waals surface area contributed by atoms with Crippen molar-refractivity contribution in [3.63, 3.8) is 0 Å². The molecule has 0 aromatic carbocycles. The quantitative estimate of drug-likeness (QED) is 0.614. The Kier molecular flexibility index (Phi) is 6.35. The third kappa shape index (κ3) is 5.21. The number of nitrogens with zero attached hydrogens (tertiary/aromatic N) is 3. The normalized spacial score (nSPS) is 14.5. The smallest absolute Gasteiger partial charge is 0.213 e. The van der Waals surface area contributed by atoms with E-state index in [1.165, 1.54) is 30.4 Å². The van der Waals surface area contributed by atoms with Gasteiger partial charge >= 0.3 is 0 Å². The summed E-state index contributed by atoms with van der Waals surface area (Å²) in [5, 5.41) is 0. The van der Waals surface area contributed by atoms with Crippen LogP contribution in [0.3, 0.4) is 0 Å². The van der Waals surface area contributed by atoms with Gasteiger partial charge in [0.05, 0.1) is 18.8 Å². The summed E-state index contributed by atoms with van der Waals surface area (Å²) in [5.41, 5.74) is 3.62. The lowest BCUT2D eigenvalue weighted by Gasteiger charge is -2.25. The fourth-order valence-corrected chi connectivity index (χ4v) is 3.26. The van der Waals surface area contributed by atoms with Crippen molar-refractivity contribution in [2.75, 3.05) is 18.6 Å². The van der Waals surface area contributed by atoms with Crippen molar-refractivity contribution in [2.24, 2.45) is 5.92 Å². The van der Waals surface area contributed by atoms with Gasteiger partial charge in [-0.1, -0.05) is 34.1 Å². The van der Waals surface area contributed by atoms with E-state index in [0.29, 0.717) is 17.8 Å². The van der Waals surface area contributed by atoms with Crippen LogP contribution in [0.15, 0.2) is 30.5 Å². The van der Waals surface area contributed by atoms with Gasteiger partial charge in [-0.2, -0.15) is 0 Å². The lowest BCUT2D eigenvalue weighted by atomic mass is 9.86. The molecule has 0 N–H and O–H groups in total. The molecule has 2 aromatic rings. The molecular formula is C23H33N3O. The second-order valence-electron chi connectivity index (χ2n) is 8.45. The average Bonchev–Trinajstić information content (AvgIpc) is 2.60. The van der Waals surface area contributed by atoms with E-state index in [9.17, 15) is 0 Å². The third-order valence-electron chi connectivity index (χ3n) is 5.46. The zero-order valence-electron chi connectivity index (χ0n) is 17.4. The van der Waals surface area contributed by atoms with Crippen molar-refractivity contribution in [3.8, 4) is 5.88 Å². The van der Waals surface area contributed by atoms with Gasteiger partial charge in [-0.05, 0) is 59.9 Å². The van der Waals surface area contributed by atoms with Gasteiger partial charge in [-0.15, -0.1) is 0 Å². The summed E-state index contributed by atoms with van der Waals surface area (Å²) in [6.45, 7) is 10.4. The highest BCUT2D eigenvalue weighted by atomic mass is 16.5. The van der Waals surface area contributed by atoms with Crippen molar-refractivity contribution in [1.29, 1.82) is 0 Å². The zero-order valence-corrected chi connectivity index (χ0v) is 17.4. The Morgan fingerprint density at radius 1 is 1.07 bits per heavy atom. The highest BCUT2D eigenvalue weighted by Crippen LogP contribution is 2.28. The summed E-state index contributed by atoms with van der Waals surface area (Å²) < 4.78 is 6.03. The van der Waals surface area contributed by atoms with Crippen molar-refractivity contribution in [1.82, 2.24) is 9.97 Å². The fourth-order valence-electron chi connectivity index (χ4n) is 3.26. The summed E-state index contributed by atoms with van der Waals surface area (Å²) in [5.74, 6) is 3.40. The van der Waals surface area contributed by atoms with Crippen LogP contribution in [-0.2, 0) is 6.54 Å². The van der Waals surface area contributed by atoms with E-state index in [4.69, 9.17) is 9.72 Å². The van der Waals surface area contributed by atoms with Gasteiger partial charge in [0.25, 0.3) is 0 Å². The molecule has 0 amide bonds. The van der Waals surface area contributed by atoms with Gasteiger partial charge in [0.2, 0.25) is 5.88 Å². The largest absolute Gasteiger partial charge is 0.477 e. The maximum Gasteiger partial charge on any atom is 0.213 e. The van der Waals surface area contributed by atoms with Gasteiger partial charge in [0, 0.05) is 19.3 Å². The molecular weight excluding hydrogens is 334 g/mol. The molecule has 1 fully saturated rings. The molecule has 1 saturated carbocycles. The molecule has 2 heterocycles. The molecule has 0 bridgehead atoms. The number of hydrogen-bond acceptors (Lipinski definition) is 4. The molecule has 146 valence electrons. The molecule has 0 aliphatic heterocycles. The average molecular weight is 368 g/mol. The van der Waals surface area contributed by atoms with Gasteiger partial charge < -0.3 is 9.64 Å². The molecule has 0 spiro atoms. The Morgan fingerprint density at radius 2 is 1.81 bits per heavy atom. The molecule has 27 heavy (non-hydrogen) atoms. The highest BCUT2D eigenvalue weighted by Gasteiger charge is 2.19. The first-order chi connectivity index (χ1) is 12.9. The third-order valence-corrected chi connectivity index (χ3v) is 5.46. The second kappa shape index (κ2) is 8.73. The summed E-state index contributed by atoms with van der Waals surface area (Å²) >= 11 is 0. The zero-order chi connectivity index (χ0) is 19.4. The number of aromatic nitrogens is 2. The SMILES string of the molecule is CC(C)c1cc(CN(C)c2cc(C(C)C)ccn2)nc(OCC2CCC2)c1. The molecule has 0 saturated heterocycles. The highest BCUT2D eigenvalue weighted by molar-refractivity contribution is 5.42. The summed E-state index contributed by atoms with van der Waals surface area (Å²) in [7, 11) is 2.07. The molecule has 4 nitrogen and oxygen atoms in total.